The molecular formula is C24H26N2O4S. The number of carbonyl (C=O) groups excluding carboxylic acids is 1. The van der Waals surface area contributed by atoms with E-state index in [0.717, 1.165) is 15.8 Å². The minimum atomic E-state index is -0.355. The van der Waals surface area contributed by atoms with Gasteiger partial charge in [-0.1, -0.05) is 17.4 Å². The lowest BCUT2D eigenvalue weighted by Crippen LogP contribution is -2.15. The van der Waals surface area contributed by atoms with E-state index in [2.05, 4.69) is 37.6 Å². The molecule has 1 amide bonds. The van der Waals surface area contributed by atoms with Gasteiger partial charge < -0.3 is 18.8 Å². The number of nitrogens with zero attached hydrogens (tertiary/aromatic N) is 2. The average Bonchev–Trinajstić information content (AvgIpc) is 3.07. The normalized spacial score (nSPS) is 11.8. The number of amides is 1. The lowest BCUT2D eigenvalue weighted by atomic mass is 10.1. The summed E-state index contributed by atoms with van der Waals surface area (Å²) in [4.78, 5) is 17.6. The summed E-state index contributed by atoms with van der Waals surface area (Å²) in [6, 6.07) is 7.80. The number of fused-ring (bicyclic) bond motifs is 1. The molecule has 0 saturated carbocycles. The highest BCUT2D eigenvalue weighted by atomic mass is 32.1. The molecule has 3 rings (SSSR count). The summed E-state index contributed by atoms with van der Waals surface area (Å²) in [5, 5.41) is 0. The Labute approximate surface area is 185 Å². The number of carbonyl (C=O) groups is 1. The van der Waals surface area contributed by atoms with Gasteiger partial charge in [0, 0.05) is 12.6 Å². The first-order valence-corrected chi connectivity index (χ1v) is 10.5. The lowest BCUT2D eigenvalue weighted by molar-refractivity contribution is -0.113. The maximum Gasteiger partial charge on any atom is 0.272 e. The van der Waals surface area contributed by atoms with Crippen LogP contribution in [0.4, 0.5) is 0 Å². The second-order valence-corrected chi connectivity index (χ2v) is 7.94. The van der Waals surface area contributed by atoms with Gasteiger partial charge in [0.25, 0.3) is 5.91 Å². The van der Waals surface area contributed by atoms with Crippen LogP contribution < -0.4 is 19.0 Å². The molecule has 162 valence electrons. The van der Waals surface area contributed by atoms with Crippen molar-refractivity contribution < 1.29 is 19.0 Å². The highest BCUT2D eigenvalue weighted by Gasteiger charge is 2.12. The summed E-state index contributed by atoms with van der Waals surface area (Å²) in [6.45, 7) is 8.56. The second kappa shape index (κ2) is 9.66. The van der Waals surface area contributed by atoms with E-state index in [4.69, 9.17) is 14.2 Å². The summed E-state index contributed by atoms with van der Waals surface area (Å²) in [5.41, 5.74) is 4.19. The van der Waals surface area contributed by atoms with E-state index >= 15 is 0 Å². The minimum Gasteiger partial charge on any atom is -0.493 e. The summed E-state index contributed by atoms with van der Waals surface area (Å²) in [5.74, 6) is 1.18. The molecule has 2 aromatic carbocycles. The van der Waals surface area contributed by atoms with Gasteiger partial charge in [-0.15, -0.1) is 6.58 Å². The fraction of sp³-hybridized carbons (Fsp3) is 0.250. The van der Waals surface area contributed by atoms with E-state index in [0.29, 0.717) is 28.6 Å². The van der Waals surface area contributed by atoms with Crippen molar-refractivity contribution in [1.82, 2.24) is 4.57 Å². The van der Waals surface area contributed by atoms with Crippen molar-refractivity contribution in [3.63, 3.8) is 0 Å². The lowest BCUT2D eigenvalue weighted by Gasteiger charge is -2.12. The Kier molecular flexibility index (Phi) is 6.97. The number of rotatable bonds is 7. The molecule has 1 heterocycles. The molecule has 3 aromatic rings. The topological polar surface area (TPSA) is 62.1 Å². The molecule has 7 heteroatoms. The van der Waals surface area contributed by atoms with Gasteiger partial charge in [0.15, 0.2) is 16.3 Å². The zero-order valence-corrected chi connectivity index (χ0v) is 19.2. The van der Waals surface area contributed by atoms with E-state index in [1.165, 1.54) is 28.5 Å². The molecule has 0 atom stereocenters. The van der Waals surface area contributed by atoms with E-state index < -0.39 is 0 Å². The Bertz CT molecular complexity index is 1210. The van der Waals surface area contributed by atoms with Gasteiger partial charge in [0.2, 0.25) is 5.75 Å². The van der Waals surface area contributed by atoms with Crippen LogP contribution >= 0.6 is 11.3 Å². The van der Waals surface area contributed by atoms with Gasteiger partial charge in [-0.3, -0.25) is 4.79 Å². The van der Waals surface area contributed by atoms with Crippen molar-refractivity contribution in [3.8, 4) is 17.2 Å². The van der Waals surface area contributed by atoms with Gasteiger partial charge in [-0.25, -0.2) is 0 Å². The number of aromatic nitrogens is 1. The summed E-state index contributed by atoms with van der Waals surface area (Å²) in [6.07, 6.45) is 4.91. The third-order valence-corrected chi connectivity index (χ3v) is 5.96. The summed E-state index contributed by atoms with van der Waals surface area (Å²) < 4.78 is 19.1. The molecule has 0 spiro atoms. The van der Waals surface area contributed by atoms with Crippen molar-refractivity contribution in [2.45, 2.75) is 20.4 Å². The van der Waals surface area contributed by atoms with Crippen molar-refractivity contribution in [1.29, 1.82) is 0 Å². The molecule has 1 aromatic heterocycles. The van der Waals surface area contributed by atoms with E-state index in [9.17, 15) is 4.79 Å². The van der Waals surface area contributed by atoms with E-state index in [-0.39, 0.29) is 5.91 Å². The number of ether oxygens (including phenoxy) is 3. The molecule has 0 aliphatic heterocycles. The van der Waals surface area contributed by atoms with Gasteiger partial charge in [0.05, 0.1) is 31.5 Å². The van der Waals surface area contributed by atoms with Gasteiger partial charge >= 0.3 is 0 Å². The molecule has 0 fully saturated rings. The zero-order valence-electron chi connectivity index (χ0n) is 18.4. The molecule has 0 saturated heterocycles. The van der Waals surface area contributed by atoms with Crippen LogP contribution in [-0.2, 0) is 11.3 Å². The van der Waals surface area contributed by atoms with Crippen LogP contribution in [0.1, 0.15) is 16.7 Å². The smallest absolute Gasteiger partial charge is 0.272 e. The molecule has 0 bridgehead atoms. The molecule has 0 radical (unpaired) electrons. The third kappa shape index (κ3) is 4.72. The van der Waals surface area contributed by atoms with Crippen LogP contribution in [0.3, 0.4) is 0 Å². The highest BCUT2D eigenvalue weighted by molar-refractivity contribution is 7.16. The van der Waals surface area contributed by atoms with Crippen LogP contribution in [0.2, 0.25) is 0 Å². The van der Waals surface area contributed by atoms with E-state index in [1.54, 1.807) is 45.6 Å². The molecule has 0 N–H and O–H groups in total. The van der Waals surface area contributed by atoms with Crippen molar-refractivity contribution in [2.24, 2.45) is 4.99 Å². The molecule has 0 aliphatic carbocycles. The fourth-order valence-corrected chi connectivity index (χ4v) is 4.33. The Hall–Kier alpha value is -3.32. The average molecular weight is 439 g/mol. The molecular weight excluding hydrogens is 412 g/mol. The van der Waals surface area contributed by atoms with Gasteiger partial charge in [-0.05, 0) is 60.9 Å². The highest BCUT2D eigenvalue weighted by Crippen LogP contribution is 2.38. The molecule has 31 heavy (non-hydrogen) atoms. The first kappa shape index (κ1) is 22.4. The van der Waals surface area contributed by atoms with Crippen molar-refractivity contribution in [3.05, 3.63) is 64.5 Å². The molecule has 0 aliphatic rings. The van der Waals surface area contributed by atoms with Crippen LogP contribution in [-0.4, -0.2) is 31.8 Å². The van der Waals surface area contributed by atoms with Crippen LogP contribution in [0, 0.1) is 13.8 Å². The SMILES string of the molecule is C=CCn1c(=NC(=O)/C=C/c2cc(OC)c(OC)c(OC)c2)sc2cc(C)c(C)cc21. The Morgan fingerprint density at radius 3 is 2.29 bits per heavy atom. The first-order valence-electron chi connectivity index (χ1n) is 9.70. The molecule has 0 unspecified atom stereocenters. The van der Waals surface area contributed by atoms with Crippen LogP contribution in [0.25, 0.3) is 16.3 Å². The zero-order chi connectivity index (χ0) is 22.5. The monoisotopic (exact) mass is 438 g/mol. The Morgan fingerprint density at radius 2 is 1.71 bits per heavy atom. The number of allylic oxidation sites excluding steroid dienone is 1. The number of hydrogen-bond acceptors (Lipinski definition) is 5. The maximum absolute atomic E-state index is 12.6. The summed E-state index contributed by atoms with van der Waals surface area (Å²) >= 11 is 1.49. The molecule has 6 nitrogen and oxygen atoms in total. The minimum absolute atomic E-state index is 0.355. The Balaban J connectivity index is 1.99. The van der Waals surface area contributed by atoms with Crippen LogP contribution in [0.15, 0.2) is 48.0 Å². The standard InChI is InChI=1S/C24H26N2O4S/c1-7-10-26-18-11-15(2)16(3)12-21(18)31-24(26)25-22(27)9-8-17-13-19(28-4)23(30-6)20(14-17)29-5/h7-9,11-14H,1,10H2,2-6H3/b9-8+,25-24?. The van der Waals surface area contributed by atoms with Crippen LogP contribution in [0.5, 0.6) is 17.2 Å². The van der Waals surface area contributed by atoms with Gasteiger partial charge in [0.1, 0.15) is 0 Å². The predicted octanol–water partition coefficient (Wildman–Crippen LogP) is 4.67. The van der Waals surface area contributed by atoms with E-state index in [1.807, 2.05) is 4.57 Å². The number of aryl methyl sites for hydroxylation is 2. The quantitative estimate of drug-likeness (QED) is 0.397. The summed E-state index contributed by atoms with van der Waals surface area (Å²) in [7, 11) is 4.65. The Morgan fingerprint density at radius 1 is 1.06 bits per heavy atom. The van der Waals surface area contributed by atoms with Gasteiger partial charge in [-0.2, -0.15) is 4.99 Å². The number of benzene rings is 2. The number of thiazole rings is 1. The number of hydrogen-bond donors (Lipinski definition) is 0. The predicted molar refractivity (Wildman–Crippen MR) is 125 cm³/mol. The number of methoxy groups -OCH3 is 3. The first-order chi connectivity index (χ1) is 14.9. The fourth-order valence-electron chi connectivity index (χ4n) is 3.21. The van der Waals surface area contributed by atoms with Crippen molar-refractivity contribution >= 4 is 33.5 Å². The third-order valence-electron chi connectivity index (χ3n) is 4.92. The van der Waals surface area contributed by atoms with Crippen molar-refractivity contribution in [2.75, 3.05) is 21.3 Å². The second-order valence-electron chi connectivity index (χ2n) is 6.93. The maximum atomic E-state index is 12.6. The largest absolute Gasteiger partial charge is 0.493 e.